The van der Waals surface area contributed by atoms with Crippen molar-refractivity contribution in [2.24, 2.45) is 0 Å². The van der Waals surface area contributed by atoms with Crippen molar-refractivity contribution in [2.45, 2.75) is 13.5 Å². The van der Waals surface area contributed by atoms with E-state index in [9.17, 15) is 4.79 Å². The number of carbonyl (C=O) groups is 1. The molecular formula is C19H15Cl2NO2S2. The molecule has 1 amide bonds. The standard InChI is InChI=1S/C19H15Cl2NO2S2/c1-2-22-18(23)17(26-19(22)25)10-12-6-8-13(9-7-12)24-11-14-15(20)4-3-5-16(14)21/h3-10H,2,11H2,1H3. The number of nitrogens with zero attached hydrogens (tertiary/aromatic N) is 1. The quantitative estimate of drug-likeness (QED) is 0.449. The zero-order valence-electron chi connectivity index (χ0n) is 13.9. The summed E-state index contributed by atoms with van der Waals surface area (Å²) in [6, 6.07) is 12.8. The van der Waals surface area contributed by atoms with Gasteiger partial charge in [0.25, 0.3) is 5.91 Å². The highest BCUT2D eigenvalue weighted by Gasteiger charge is 2.30. The van der Waals surface area contributed by atoms with Gasteiger partial charge in [0.2, 0.25) is 0 Å². The second-order valence-corrected chi connectivity index (χ2v) is 7.97. The van der Waals surface area contributed by atoms with Gasteiger partial charge in [-0.15, -0.1) is 0 Å². The minimum absolute atomic E-state index is 0.0452. The molecule has 0 bridgehead atoms. The summed E-state index contributed by atoms with van der Waals surface area (Å²) in [4.78, 5) is 14.5. The molecule has 1 heterocycles. The fourth-order valence-electron chi connectivity index (χ4n) is 2.41. The average Bonchev–Trinajstić information content (AvgIpc) is 2.89. The van der Waals surface area contributed by atoms with Crippen LogP contribution < -0.4 is 4.74 Å². The SMILES string of the molecule is CCN1C(=O)C(=Cc2ccc(OCc3c(Cl)cccc3Cl)cc2)SC1=S. The van der Waals surface area contributed by atoms with E-state index in [-0.39, 0.29) is 12.5 Å². The molecule has 1 saturated heterocycles. The van der Waals surface area contributed by atoms with Crippen LogP contribution in [0.2, 0.25) is 10.0 Å². The zero-order valence-corrected chi connectivity index (χ0v) is 17.0. The van der Waals surface area contributed by atoms with Gasteiger partial charge in [-0.05, 0) is 42.8 Å². The molecule has 0 radical (unpaired) electrons. The van der Waals surface area contributed by atoms with E-state index in [4.69, 9.17) is 40.2 Å². The van der Waals surface area contributed by atoms with Crippen molar-refractivity contribution in [3.63, 3.8) is 0 Å². The third-order valence-electron chi connectivity index (χ3n) is 3.81. The summed E-state index contributed by atoms with van der Waals surface area (Å²) in [5.74, 6) is 0.649. The Morgan fingerprint density at radius 1 is 1.15 bits per heavy atom. The lowest BCUT2D eigenvalue weighted by Gasteiger charge is -2.10. The third-order valence-corrected chi connectivity index (χ3v) is 5.90. The molecule has 0 unspecified atom stereocenters. The Balaban J connectivity index is 1.69. The molecule has 2 aromatic rings. The molecule has 2 aromatic carbocycles. The number of amides is 1. The van der Waals surface area contributed by atoms with Gasteiger partial charge in [-0.3, -0.25) is 9.69 Å². The van der Waals surface area contributed by atoms with E-state index >= 15 is 0 Å². The summed E-state index contributed by atoms with van der Waals surface area (Å²) in [6.07, 6.45) is 1.84. The Labute approximate surface area is 171 Å². The van der Waals surface area contributed by atoms with Crippen molar-refractivity contribution < 1.29 is 9.53 Å². The van der Waals surface area contributed by atoms with Gasteiger partial charge in [0.1, 0.15) is 16.7 Å². The molecular weight excluding hydrogens is 409 g/mol. The van der Waals surface area contributed by atoms with Crippen LogP contribution in [0.25, 0.3) is 6.08 Å². The van der Waals surface area contributed by atoms with E-state index in [0.717, 1.165) is 11.1 Å². The van der Waals surface area contributed by atoms with Gasteiger partial charge in [0.15, 0.2) is 0 Å². The first-order valence-corrected chi connectivity index (χ1v) is 9.88. The van der Waals surface area contributed by atoms with Gasteiger partial charge in [-0.25, -0.2) is 0 Å². The highest BCUT2D eigenvalue weighted by molar-refractivity contribution is 8.26. The number of halogens is 2. The minimum Gasteiger partial charge on any atom is -0.489 e. The lowest BCUT2D eigenvalue weighted by atomic mass is 10.2. The number of benzene rings is 2. The van der Waals surface area contributed by atoms with Gasteiger partial charge in [0.05, 0.1) is 4.91 Å². The van der Waals surface area contributed by atoms with Crippen LogP contribution in [0.15, 0.2) is 47.4 Å². The van der Waals surface area contributed by atoms with E-state index in [2.05, 4.69) is 0 Å². The van der Waals surface area contributed by atoms with Gasteiger partial charge < -0.3 is 4.74 Å². The van der Waals surface area contributed by atoms with Crippen molar-refractivity contribution in [3.8, 4) is 5.75 Å². The molecule has 0 spiro atoms. The molecule has 0 N–H and O–H groups in total. The highest BCUT2D eigenvalue weighted by atomic mass is 35.5. The van der Waals surface area contributed by atoms with Crippen LogP contribution in [-0.4, -0.2) is 21.7 Å². The van der Waals surface area contributed by atoms with E-state index in [1.807, 2.05) is 37.3 Å². The molecule has 26 heavy (non-hydrogen) atoms. The largest absolute Gasteiger partial charge is 0.489 e. The van der Waals surface area contributed by atoms with Crippen LogP contribution in [0.1, 0.15) is 18.1 Å². The van der Waals surface area contributed by atoms with Crippen molar-refractivity contribution in [1.29, 1.82) is 0 Å². The van der Waals surface area contributed by atoms with Crippen molar-refractivity contribution in [3.05, 3.63) is 68.5 Å². The minimum atomic E-state index is -0.0452. The fourth-order valence-corrected chi connectivity index (χ4v) is 4.30. The van der Waals surface area contributed by atoms with Gasteiger partial charge >= 0.3 is 0 Å². The molecule has 1 aliphatic rings. The molecule has 0 aliphatic carbocycles. The van der Waals surface area contributed by atoms with E-state index in [0.29, 0.717) is 31.6 Å². The molecule has 0 aromatic heterocycles. The van der Waals surface area contributed by atoms with Crippen LogP contribution in [-0.2, 0) is 11.4 Å². The number of hydrogen-bond acceptors (Lipinski definition) is 4. The predicted molar refractivity (Wildman–Crippen MR) is 113 cm³/mol. The third kappa shape index (κ3) is 4.23. The number of rotatable bonds is 5. The second-order valence-electron chi connectivity index (χ2n) is 5.48. The number of thiocarbonyl (C=S) groups is 1. The predicted octanol–water partition coefficient (Wildman–Crippen LogP) is 5.79. The average molecular weight is 424 g/mol. The maximum atomic E-state index is 12.2. The van der Waals surface area contributed by atoms with Crippen LogP contribution in [0.3, 0.4) is 0 Å². The Morgan fingerprint density at radius 2 is 1.81 bits per heavy atom. The number of thioether (sulfide) groups is 1. The van der Waals surface area contributed by atoms with Crippen LogP contribution in [0, 0.1) is 0 Å². The molecule has 0 atom stereocenters. The highest BCUT2D eigenvalue weighted by Crippen LogP contribution is 2.32. The smallest absolute Gasteiger partial charge is 0.266 e. The maximum Gasteiger partial charge on any atom is 0.266 e. The van der Waals surface area contributed by atoms with E-state index in [1.165, 1.54) is 11.8 Å². The normalized spacial score (nSPS) is 15.8. The van der Waals surface area contributed by atoms with Crippen LogP contribution in [0.4, 0.5) is 0 Å². The topological polar surface area (TPSA) is 29.5 Å². The molecule has 7 heteroatoms. The number of hydrogen-bond donors (Lipinski definition) is 0. The maximum absolute atomic E-state index is 12.2. The molecule has 1 aliphatic heterocycles. The monoisotopic (exact) mass is 423 g/mol. The van der Waals surface area contributed by atoms with Crippen molar-refractivity contribution in [2.75, 3.05) is 6.54 Å². The number of likely N-dealkylation sites (N-methyl/N-ethyl adjacent to an activating group) is 1. The fraction of sp³-hybridized carbons (Fsp3) is 0.158. The Hall–Kier alpha value is -1.53. The van der Waals surface area contributed by atoms with Crippen molar-refractivity contribution in [1.82, 2.24) is 4.90 Å². The summed E-state index contributed by atoms with van der Waals surface area (Å²) in [5.41, 5.74) is 1.66. The van der Waals surface area contributed by atoms with Gasteiger partial charge in [-0.1, -0.05) is 65.4 Å². The molecule has 1 fully saturated rings. The van der Waals surface area contributed by atoms with Gasteiger partial charge in [-0.2, -0.15) is 0 Å². The summed E-state index contributed by atoms with van der Waals surface area (Å²) >= 11 is 18.8. The molecule has 0 saturated carbocycles. The van der Waals surface area contributed by atoms with E-state index in [1.54, 1.807) is 23.1 Å². The Morgan fingerprint density at radius 3 is 2.38 bits per heavy atom. The Kier molecular flexibility index (Phi) is 6.24. The first kappa shape index (κ1) is 19.2. The lowest BCUT2D eigenvalue weighted by molar-refractivity contribution is -0.121. The van der Waals surface area contributed by atoms with Crippen LogP contribution in [0.5, 0.6) is 5.75 Å². The number of carbonyl (C=O) groups excluding carboxylic acids is 1. The Bertz CT molecular complexity index is 861. The van der Waals surface area contributed by atoms with E-state index < -0.39 is 0 Å². The van der Waals surface area contributed by atoms with Crippen LogP contribution >= 0.6 is 47.2 Å². The first-order chi connectivity index (χ1) is 12.5. The van der Waals surface area contributed by atoms with Gasteiger partial charge in [0, 0.05) is 22.2 Å². The second kappa shape index (κ2) is 8.44. The zero-order chi connectivity index (χ0) is 18.7. The summed E-state index contributed by atoms with van der Waals surface area (Å²) in [7, 11) is 0. The molecule has 3 rings (SSSR count). The summed E-state index contributed by atoms with van der Waals surface area (Å²) in [6.45, 7) is 2.78. The lowest BCUT2D eigenvalue weighted by Crippen LogP contribution is -2.27. The molecule has 134 valence electrons. The number of ether oxygens (including phenoxy) is 1. The summed E-state index contributed by atoms with van der Waals surface area (Å²) < 4.78 is 6.36. The van der Waals surface area contributed by atoms with Crippen molar-refractivity contribution >= 4 is 63.5 Å². The molecule has 3 nitrogen and oxygen atoms in total. The first-order valence-electron chi connectivity index (χ1n) is 7.90. The summed E-state index contributed by atoms with van der Waals surface area (Å²) in [5, 5.41) is 1.15.